The second-order valence-electron chi connectivity index (χ2n) is 3.88. The Bertz CT molecular complexity index is 541. The van der Waals surface area contributed by atoms with Crippen molar-refractivity contribution in [3.05, 3.63) is 40.9 Å². The molecular formula is C12H10ClNO3. The molecule has 1 aromatic rings. The van der Waals surface area contributed by atoms with Gasteiger partial charge < -0.3 is 10.0 Å². The first-order valence-electron chi connectivity index (χ1n) is 4.88. The van der Waals surface area contributed by atoms with Gasteiger partial charge in [0.05, 0.1) is 5.69 Å². The average molecular weight is 252 g/mol. The molecule has 1 heterocycles. The highest BCUT2D eigenvalue weighted by molar-refractivity contribution is 6.31. The minimum atomic E-state index is -2.00. The number of halogens is 1. The van der Waals surface area contributed by atoms with E-state index in [0.29, 0.717) is 17.0 Å². The Morgan fingerprint density at radius 1 is 1.59 bits per heavy atom. The van der Waals surface area contributed by atoms with Crippen LogP contribution in [0.15, 0.2) is 30.4 Å². The maximum absolute atomic E-state index is 12.0. The Morgan fingerprint density at radius 3 is 2.82 bits per heavy atom. The van der Waals surface area contributed by atoms with Crippen LogP contribution in [0.25, 0.3) is 0 Å². The molecule has 0 fully saturated rings. The van der Waals surface area contributed by atoms with Crippen LogP contribution in [0.4, 0.5) is 5.69 Å². The van der Waals surface area contributed by atoms with E-state index < -0.39 is 11.5 Å². The van der Waals surface area contributed by atoms with Crippen LogP contribution in [0.1, 0.15) is 5.56 Å². The first-order valence-corrected chi connectivity index (χ1v) is 5.26. The second kappa shape index (κ2) is 3.68. The number of amides is 1. The average Bonchev–Trinajstić information content (AvgIpc) is 2.51. The summed E-state index contributed by atoms with van der Waals surface area (Å²) in [5, 5.41) is 10.8. The summed E-state index contributed by atoms with van der Waals surface area (Å²) in [4.78, 5) is 24.1. The van der Waals surface area contributed by atoms with Crippen molar-refractivity contribution in [2.24, 2.45) is 0 Å². The molecular weight excluding hydrogens is 242 g/mol. The van der Waals surface area contributed by atoms with Gasteiger partial charge in [-0.15, -0.1) is 0 Å². The highest BCUT2D eigenvalue weighted by Crippen LogP contribution is 2.43. The number of rotatable bonds is 2. The zero-order chi connectivity index (χ0) is 12.8. The fourth-order valence-electron chi connectivity index (χ4n) is 1.95. The zero-order valence-electron chi connectivity index (χ0n) is 9.11. The van der Waals surface area contributed by atoms with Crippen LogP contribution in [0.2, 0.25) is 5.02 Å². The van der Waals surface area contributed by atoms with Crippen LogP contribution in [0.5, 0.6) is 0 Å². The van der Waals surface area contributed by atoms with Gasteiger partial charge in [-0.05, 0) is 18.2 Å². The number of benzene rings is 1. The molecule has 0 aromatic heterocycles. The molecule has 4 nitrogen and oxygen atoms in total. The lowest BCUT2D eigenvalue weighted by Crippen LogP contribution is -2.40. The number of anilines is 1. The van der Waals surface area contributed by atoms with Crippen LogP contribution >= 0.6 is 11.6 Å². The Labute approximate surface area is 103 Å². The maximum Gasteiger partial charge on any atom is 0.268 e. The van der Waals surface area contributed by atoms with Crippen molar-refractivity contribution in [2.75, 3.05) is 11.9 Å². The number of hydrogen-bond donors (Lipinski definition) is 1. The van der Waals surface area contributed by atoms with Crippen LogP contribution in [0.3, 0.4) is 0 Å². The van der Waals surface area contributed by atoms with Crippen molar-refractivity contribution < 1.29 is 14.7 Å². The number of aldehydes is 1. The molecule has 17 heavy (non-hydrogen) atoms. The topological polar surface area (TPSA) is 57.6 Å². The van der Waals surface area contributed by atoms with Crippen LogP contribution in [-0.2, 0) is 15.2 Å². The fraction of sp³-hybridized carbons (Fsp3) is 0.167. The summed E-state index contributed by atoms with van der Waals surface area (Å²) >= 11 is 5.84. The van der Waals surface area contributed by atoms with E-state index in [9.17, 15) is 14.7 Å². The summed E-state index contributed by atoms with van der Waals surface area (Å²) in [5.41, 5.74) is -1.40. The van der Waals surface area contributed by atoms with Gasteiger partial charge >= 0.3 is 0 Å². The Kier molecular flexibility index (Phi) is 2.56. The number of carbonyl (C=O) groups excluding carboxylic acids is 2. The van der Waals surface area contributed by atoms with Gasteiger partial charge in [0.25, 0.3) is 5.91 Å². The van der Waals surface area contributed by atoms with E-state index >= 15 is 0 Å². The van der Waals surface area contributed by atoms with E-state index in [-0.39, 0.29) is 11.1 Å². The maximum atomic E-state index is 12.0. The monoisotopic (exact) mass is 251 g/mol. The third-order valence-corrected chi connectivity index (χ3v) is 3.17. The number of hydrogen-bond acceptors (Lipinski definition) is 3. The van der Waals surface area contributed by atoms with Gasteiger partial charge in [-0.25, -0.2) is 0 Å². The summed E-state index contributed by atoms with van der Waals surface area (Å²) in [5.74, 6) is -0.605. The van der Waals surface area contributed by atoms with Gasteiger partial charge in [0, 0.05) is 23.2 Å². The van der Waals surface area contributed by atoms with Gasteiger partial charge in [0.15, 0.2) is 5.60 Å². The van der Waals surface area contributed by atoms with E-state index in [2.05, 4.69) is 6.58 Å². The first-order chi connectivity index (χ1) is 7.92. The Morgan fingerprint density at radius 2 is 2.24 bits per heavy atom. The van der Waals surface area contributed by atoms with Crippen LogP contribution < -0.4 is 4.90 Å². The van der Waals surface area contributed by atoms with Crippen molar-refractivity contribution in [2.45, 2.75) is 5.60 Å². The largest absolute Gasteiger partial charge is 0.372 e. The quantitative estimate of drug-likeness (QED) is 0.636. The van der Waals surface area contributed by atoms with E-state index in [0.717, 1.165) is 0 Å². The minimum absolute atomic E-state index is 0.199. The molecule has 1 amide bonds. The van der Waals surface area contributed by atoms with Crippen molar-refractivity contribution >= 4 is 29.5 Å². The summed E-state index contributed by atoms with van der Waals surface area (Å²) < 4.78 is 0. The van der Waals surface area contributed by atoms with Gasteiger partial charge in [0.1, 0.15) is 6.29 Å². The fourth-order valence-corrected chi connectivity index (χ4v) is 2.13. The van der Waals surface area contributed by atoms with Gasteiger partial charge in [0.2, 0.25) is 0 Å². The molecule has 0 aliphatic carbocycles. The molecule has 0 spiro atoms. The molecule has 0 saturated carbocycles. The molecule has 1 unspecified atom stereocenters. The van der Waals surface area contributed by atoms with Crippen molar-refractivity contribution in [1.82, 2.24) is 0 Å². The molecule has 0 saturated heterocycles. The summed E-state index contributed by atoms with van der Waals surface area (Å²) in [7, 11) is 1.52. The molecule has 1 aromatic carbocycles. The van der Waals surface area contributed by atoms with Crippen molar-refractivity contribution in [1.29, 1.82) is 0 Å². The van der Waals surface area contributed by atoms with Gasteiger partial charge in [-0.1, -0.05) is 18.2 Å². The SMILES string of the molecule is C=C(C=O)C1(O)C(=O)N(C)c2ccc(Cl)cc21. The number of likely N-dealkylation sites (N-methyl/N-ethyl adjacent to an activating group) is 1. The Balaban J connectivity index is 2.73. The van der Waals surface area contributed by atoms with E-state index in [1.54, 1.807) is 12.1 Å². The number of carbonyl (C=O) groups is 2. The predicted molar refractivity (Wildman–Crippen MR) is 64.0 cm³/mol. The smallest absolute Gasteiger partial charge is 0.268 e. The number of nitrogens with zero attached hydrogens (tertiary/aromatic N) is 1. The molecule has 2 rings (SSSR count). The number of aliphatic hydroxyl groups is 1. The molecule has 88 valence electrons. The normalized spacial score (nSPS) is 22.5. The predicted octanol–water partition coefficient (Wildman–Crippen LogP) is 1.26. The van der Waals surface area contributed by atoms with Crippen LogP contribution in [-0.4, -0.2) is 24.3 Å². The summed E-state index contributed by atoms with van der Waals surface area (Å²) in [6.07, 6.45) is 0.377. The molecule has 1 atom stereocenters. The minimum Gasteiger partial charge on any atom is -0.372 e. The van der Waals surface area contributed by atoms with Gasteiger partial charge in [-0.3, -0.25) is 9.59 Å². The van der Waals surface area contributed by atoms with E-state index in [1.807, 2.05) is 0 Å². The third kappa shape index (κ3) is 1.41. The lowest BCUT2D eigenvalue weighted by Gasteiger charge is -2.20. The van der Waals surface area contributed by atoms with E-state index in [4.69, 9.17) is 11.6 Å². The molecule has 0 bridgehead atoms. The lowest BCUT2D eigenvalue weighted by molar-refractivity contribution is -0.133. The van der Waals surface area contributed by atoms with Crippen molar-refractivity contribution in [3.8, 4) is 0 Å². The molecule has 5 heteroatoms. The molecule has 1 N–H and O–H groups in total. The molecule has 1 aliphatic rings. The second-order valence-corrected chi connectivity index (χ2v) is 4.32. The molecule has 0 radical (unpaired) electrons. The highest BCUT2D eigenvalue weighted by Gasteiger charge is 2.50. The Hall–Kier alpha value is -1.65. The standard InChI is InChI=1S/C12H10ClNO3/c1-7(6-15)12(17)9-5-8(13)3-4-10(9)14(2)11(12)16/h3-6,17H,1H2,2H3. The zero-order valence-corrected chi connectivity index (χ0v) is 9.86. The van der Waals surface area contributed by atoms with Crippen LogP contribution in [0, 0.1) is 0 Å². The number of fused-ring (bicyclic) bond motifs is 1. The summed E-state index contributed by atoms with van der Waals surface area (Å²) in [6.45, 7) is 3.43. The third-order valence-electron chi connectivity index (χ3n) is 2.93. The highest BCUT2D eigenvalue weighted by atomic mass is 35.5. The van der Waals surface area contributed by atoms with Gasteiger partial charge in [-0.2, -0.15) is 0 Å². The van der Waals surface area contributed by atoms with E-state index in [1.165, 1.54) is 18.0 Å². The lowest BCUT2D eigenvalue weighted by atomic mass is 9.89. The molecule has 1 aliphatic heterocycles. The summed E-state index contributed by atoms with van der Waals surface area (Å²) in [6, 6.07) is 4.69. The van der Waals surface area contributed by atoms with Crippen molar-refractivity contribution in [3.63, 3.8) is 0 Å². The first kappa shape index (κ1) is 11.8.